The molecule has 1 aromatic rings. The normalized spacial score (nSPS) is 23.1. The Balaban J connectivity index is 2.17. The molecule has 0 saturated heterocycles. The Bertz CT molecular complexity index is 467. The minimum atomic E-state index is -0.522. The van der Waals surface area contributed by atoms with Gasteiger partial charge in [-0.3, -0.25) is 10.1 Å². The molecule has 0 aromatic heterocycles. The Morgan fingerprint density at radius 1 is 1.42 bits per heavy atom. The lowest BCUT2D eigenvalue weighted by Gasteiger charge is -2.32. The minimum absolute atomic E-state index is 0.0928. The lowest BCUT2D eigenvalue weighted by atomic mass is 9.84. The van der Waals surface area contributed by atoms with Crippen molar-refractivity contribution in [3.63, 3.8) is 0 Å². The molecule has 0 heterocycles. The second-order valence-electron chi connectivity index (χ2n) is 4.95. The summed E-state index contributed by atoms with van der Waals surface area (Å²) in [5, 5.41) is 13.8. The van der Waals surface area contributed by atoms with Crippen LogP contribution in [-0.2, 0) is 0 Å². The van der Waals surface area contributed by atoms with E-state index in [9.17, 15) is 14.5 Å². The van der Waals surface area contributed by atoms with Gasteiger partial charge in [0.15, 0.2) is 0 Å². The molecular formula is C13H18FN3O2. The van der Waals surface area contributed by atoms with Crippen molar-refractivity contribution in [3.05, 3.63) is 34.1 Å². The molecule has 19 heavy (non-hydrogen) atoms. The molecule has 104 valence electrons. The summed E-state index contributed by atoms with van der Waals surface area (Å²) in [5.41, 5.74) is 5.81. The first-order valence-corrected chi connectivity index (χ1v) is 6.52. The number of benzene rings is 1. The van der Waals surface area contributed by atoms with Gasteiger partial charge in [0, 0.05) is 18.2 Å². The van der Waals surface area contributed by atoms with E-state index in [4.69, 9.17) is 5.73 Å². The van der Waals surface area contributed by atoms with Gasteiger partial charge in [-0.15, -0.1) is 0 Å². The van der Waals surface area contributed by atoms with Gasteiger partial charge in [0.1, 0.15) is 5.82 Å². The smallest absolute Gasteiger partial charge is 0.271 e. The number of nitrogens with two attached hydrogens (primary N) is 1. The number of hydrogen-bond donors (Lipinski definition) is 2. The van der Waals surface area contributed by atoms with Crippen LogP contribution in [0.5, 0.6) is 0 Å². The zero-order chi connectivity index (χ0) is 13.8. The Labute approximate surface area is 111 Å². The lowest BCUT2D eigenvalue weighted by Crippen LogP contribution is -2.36. The molecule has 1 aliphatic carbocycles. The quantitative estimate of drug-likeness (QED) is 0.649. The van der Waals surface area contributed by atoms with E-state index in [1.165, 1.54) is 12.1 Å². The Kier molecular flexibility index (Phi) is 4.31. The number of nitro benzene ring substituents is 1. The highest BCUT2D eigenvalue weighted by Gasteiger charge is 2.25. The number of anilines is 1. The molecule has 0 spiro atoms. The van der Waals surface area contributed by atoms with Crippen molar-refractivity contribution >= 4 is 11.4 Å². The van der Waals surface area contributed by atoms with Crippen molar-refractivity contribution < 1.29 is 9.31 Å². The molecule has 0 amide bonds. The summed E-state index contributed by atoms with van der Waals surface area (Å²) in [6, 6.07) is 3.63. The van der Waals surface area contributed by atoms with Crippen LogP contribution in [0.4, 0.5) is 15.8 Å². The van der Waals surface area contributed by atoms with Crippen LogP contribution in [0.1, 0.15) is 25.7 Å². The second-order valence-corrected chi connectivity index (χ2v) is 4.95. The Morgan fingerprint density at radius 2 is 2.16 bits per heavy atom. The largest absolute Gasteiger partial charge is 0.379 e. The van der Waals surface area contributed by atoms with Gasteiger partial charge in [-0.1, -0.05) is 12.8 Å². The Hall–Kier alpha value is -1.69. The Morgan fingerprint density at radius 3 is 2.84 bits per heavy atom. The summed E-state index contributed by atoms with van der Waals surface area (Å²) in [5.74, 6) is -0.167. The number of halogens is 1. The molecule has 6 heteroatoms. The molecule has 1 aliphatic rings. The molecule has 1 fully saturated rings. The summed E-state index contributed by atoms with van der Waals surface area (Å²) in [4.78, 5) is 10.2. The fourth-order valence-electron chi connectivity index (χ4n) is 2.62. The third-order valence-corrected chi connectivity index (χ3v) is 3.71. The molecule has 0 bridgehead atoms. The van der Waals surface area contributed by atoms with E-state index < -0.39 is 10.7 Å². The van der Waals surface area contributed by atoms with Gasteiger partial charge in [0.2, 0.25) is 0 Å². The fourth-order valence-corrected chi connectivity index (χ4v) is 2.62. The monoisotopic (exact) mass is 267 g/mol. The van der Waals surface area contributed by atoms with E-state index >= 15 is 0 Å². The summed E-state index contributed by atoms with van der Waals surface area (Å²) in [7, 11) is 0. The van der Waals surface area contributed by atoms with Crippen LogP contribution < -0.4 is 11.1 Å². The SMILES string of the molecule is NCC1CCCCC1Nc1cc([N+](=O)[O-])ccc1F. The zero-order valence-electron chi connectivity index (χ0n) is 10.6. The van der Waals surface area contributed by atoms with E-state index in [-0.39, 0.29) is 17.4 Å². The van der Waals surface area contributed by atoms with Crippen molar-refractivity contribution in [3.8, 4) is 0 Å². The van der Waals surface area contributed by atoms with Crippen molar-refractivity contribution in [1.82, 2.24) is 0 Å². The maximum atomic E-state index is 13.7. The van der Waals surface area contributed by atoms with Crippen molar-refractivity contribution in [2.75, 3.05) is 11.9 Å². The van der Waals surface area contributed by atoms with Crippen molar-refractivity contribution in [2.24, 2.45) is 11.7 Å². The molecule has 3 N–H and O–H groups in total. The minimum Gasteiger partial charge on any atom is -0.379 e. The highest BCUT2D eigenvalue weighted by atomic mass is 19.1. The predicted octanol–water partition coefficient (Wildman–Crippen LogP) is 2.66. The van der Waals surface area contributed by atoms with E-state index in [2.05, 4.69) is 5.32 Å². The molecule has 5 nitrogen and oxygen atoms in total. The zero-order valence-corrected chi connectivity index (χ0v) is 10.6. The van der Waals surface area contributed by atoms with Gasteiger partial charge in [0.05, 0.1) is 10.6 Å². The molecule has 1 saturated carbocycles. The van der Waals surface area contributed by atoms with Crippen LogP contribution in [0.15, 0.2) is 18.2 Å². The molecule has 1 aromatic carbocycles. The van der Waals surface area contributed by atoms with Gasteiger partial charge in [-0.05, 0) is 31.4 Å². The lowest BCUT2D eigenvalue weighted by molar-refractivity contribution is -0.384. The average Bonchev–Trinajstić information content (AvgIpc) is 2.41. The van der Waals surface area contributed by atoms with Crippen LogP contribution in [0.25, 0.3) is 0 Å². The third-order valence-electron chi connectivity index (χ3n) is 3.71. The molecule has 2 atom stereocenters. The first kappa shape index (κ1) is 13.7. The number of hydrogen-bond acceptors (Lipinski definition) is 4. The number of nitro groups is 1. The van der Waals surface area contributed by atoms with Crippen LogP contribution >= 0.6 is 0 Å². The van der Waals surface area contributed by atoms with Gasteiger partial charge in [-0.25, -0.2) is 4.39 Å². The molecule has 2 rings (SSSR count). The van der Waals surface area contributed by atoms with Crippen LogP contribution in [0.2, 0.25) is 0 Å². The van der Waals surface area contributed by atoms with Crippen molar-refractivity contribution in [2.45, 2.75) is 31.7 Å². The summed E-state index contributed by atoms with van der Waals surface area (Å²) in [6.45, 7) is 0.550. The van der Waals surface area contributed by atoms with E-state index in [1.54, 1.807) is 0 Å². The fraction of sp³-hybridized carbons (Fsp3) is 0.538. The molecule has 0 radical (unpaired) electrons. The average molecular weight is 267 g/mol. The number of rotatable bonds is 4. The first-order chi connectivity index (χ1) is 9.11. The maximum absolute atomic E-state index is 13.7. The third kappa shape index (κ3) is 3.20. The second kappa shape index (κ2) is 5.97. The van der Waals surface area contributed by atoms with Crippen LogP contribution in [-0.4, -0.2) is 17.5 Å². The molecular weight excluding hydrogens is 249 g/mol. The summed E-state index contributed by atoms with van der Waals surface area (Å²) in [6.07, 6.45) is 4.15. The van der Waals surface area contributed by atoms with Gasteiger partial charge < -0.3 is 11.1 Å². The first-order valence-electron chi connectivity index (χ1n) is 6.52. The van der Waals surface area contributed by atoms with Gasteiger partial charge in [0.25, 0.3) is 5.69 Å². The predicted molar refractivity (Wildman–Crippen MR) is 71.5 cm³/mol. The van der Waals surface area contributed by atoms with E-state index in [0.717, 1.165) is 31.7 Å². The summed E-state index contributed by atoms with van der Waals surface area (Å²) >= 11 is 0. The van der Waals surface area contributed by atoms with Crippen molar-refractivity contribution in [1.29, 1.82) is 0 Å². The standard InChI is InChI=1S/C13H18FN3O2/c14-11-6-5-10(17(18)19)7-13(11)16-12-4-2-1-3-9(12)8-15/h5-7,9,12,16H,1-4,8,15H2. The number of nitrogens with one attached hydrogen (secondary N) is 1. The van der Waals surface area contributed by atoms with Gasteiger partial charge in [-0.2, -0.15) is 0 Å². The molecule has 2 unspecified atom stereocenters. The number of non-ortho nitro benzene ring substituents is 1. The highest BCUT2D eigenvalue weighted by molar-refractivity contribution is 5.53. The van der Waals surface area contributed by atoms with Crippen LogP contribution in [0, 0.1) is 21.8 Å². The van der Waals surface area contributed by atoms with E-state index in [1.807, 2.05) is 0 Å². The number of nitrogens with zero attached hydrogens (tertiary/aromatic N) is 1. The maximum Gasteiger partial charge on any atom is 0.271 e. The molecule has 0 aliphatic heterocycles. The topological polar surface area (TPSA) is 81.2 Å². The van der Waals surface area contributed by atoms with Gasteiger partial charge >= 0.3 is 0 Å². The highest BCUT2D eigenvalue weighted by Crippen LogP contribution is 2.29. The van der Waals surface area contributed by atoms with E-state index in [0.29, 0.717) is 12.5 Å². The van der Waals surface area contributed by atoms with Crippen LogP contribution in [0.3, 0.4) is 0 Å². The summed E-state index contributed by atoms with van der Waals surface area (Å²) < 4.78 is 13.7.